The molecule has 1 fully saturated rings. The summed E-state index contributed by atoms with van der Waals surface area (Å²) in [6.45, 7) is 3.98. The van der Waals surface area contributed by atoms with E-state index in [1.165, 1.54) is 16.7 Å². The first-order valence-electron chi connectivity index (χ1n) is 9.94. The van der Waals surface area contributed by atoms with Crippen LogP contribution >= 0.6 is 0 Å². The van der Waals surface area contributed by atoms with Gasteiger partial charge in [0.2, 0.25) is 5.95 Å². The molecule has 4 rings (SSSR count). The number of halogens is 4. The lowest BCUT2D eigenvalue weighted by molar-refractivity contribution is -0.274. The summed E-state index contributed by atoms with van der Waals surface area (Å²) in [7, 11) is 0. The number of hydrogen-bond donors (Lipinski definition) is 3. The molecular formula is C20H21F4N5O3. The van der Waals surface area contributed by atoms with Gasteiger partial charge in [0.05, 0.1) is 6.10 Å². The molecule has 3 aromatic rings. The van der Waals surface area contributed by atoms with Crippen LogP contribution in [0.25, 0.3) is 16.8 Å². The number of aliphatic hydroxyl groups excluding tert-OH is 1. The number of ether oxygens (including phenoxy) is 1. The topological polar surface area (TPSA) is 95.2 Å². The molecule has 0 bridgehead atoms. The number of hydrogen-bond acceptors (Lipinski definition) is 7. The van der Waals surface area contributed by atoms with E-state index < -0.39 is 29.8 Å². The highest BCUT2D eigenvalue weighted by atomic mass is 19.4. The minimum Gasteiger partial charge on any atom is -0.507 e. The predicted octanol–water partition coefficient (Wildman–Crippen LogP) is 3.01. The summed E-state index contributed by atoms with van der Waals surface area (Å²) in [5, 5.41) is 31.7. The van der Waals surface area contributed by atoms with Crippen molar-refractivity contribution in [1.29, 1.82) is 0 Å². The minimum absolute atomic E-state index is 0.00794. The quantitative estimate of drug-likeness (QED) is 0.509. The molecule has 12 heteroatoms. The Morgan fingerprint density at radius 2 is 2.00 bits per heavy atom. The van der Waals surface area contributed by atoms with E-state index in [9.17, 15) is 27.8 Å². The number of likely N-dealkylation sites (tertiary alicyclic amines) is 1. The third-order valence-corrected chi connectivity index (χ3v) is 5.28. The van der Waals surface area contributed by atoms with E-state index in [2.05, 4.69) is 25.2 Å². The number of β-amino-alcohol motifs (C(OH)–C–C–N with tert-alkyl or cyclic N) is 1. The van der Waals surface area contributed by atoms with Gasteiger partial charge in [0.25, 0.3) is 0 Å². The molecule has 1 aromatic carbocycles. The van der Waals surface area contributed by atoms with Crippen molar-refractivity contribution in [2.75, 3.05) is 25.0 Å². The third-order valence-electron chi connectivity index (χ3n) is 5.28. The molecule has 32 heavy (non-hydrogen) atoms. The van der Waals surface area contributed by atoms with Crippen molar-refractivity contribution >= 4 is 11.5 Å². The van der Waals surface area contributed by atoms with Crippen LogP contribution in [0.15, 0.2) is 30.5 Å². The molecule has 0 aliphatic carbocycles. The van der Waals surface area contributed by atoms with Crippen LogP contribution in [0.3, 0.4) is 0 Å². The Hall–Kier alpha value is -3.12. The van der Waals surface area contributed by atoms with Gasteiger partial charge < -0.3 is 20.3 Å². The molecular weight excluding hydrogens is 434 g/mol. The lowest BCUT2D eigenvalue weighted by Gasteiger charge is -2.35. The first-order valence-corrected chi connectivity index (χ1v) is 9.94. The van der Waals surface area contributed by atoms with Gasteiger partial charge in [0.1, 0.15) is 22.7 Å². The summed E-state index contributed by atoms with van der Waals surface area (Å²) in [5.41, 5.74) is -0.0645. The Morgan fingerprint density at radius 1 is 1.22 bits per heavy atom. The molecule has 0 saturated carbocycles. The second-order valence-electron chi connectivity index (χ2n) is 7.56. The zero-order chi connectivity index (χ0) is 23.0. The molecule has 3 heterocycles. The number of nitrogens with one attached hydrogen (secondary N) is 1. The second-order valence-corrected chi connectivity index (χ2v) is 7.56. The maximum atomic E-state index is 14.6. The summed E-state index contributed by atoms with van der Waals surface area (Å²) in [5.74, 6) is -1.60. The number of piperidine rings is 1. The van der Waals surface area contributed by atoms with Gasteiger partial charge in [0.15, 0.2) is 5.82 Å². The molecule has 0 unspecified atom stereocenters. The first-order chi connectivity index (χ1) is 15.1. The highest BCUT2D eigenvalue weighted by molar-refractivity contribution is 5.82. The Bertz CT molecular complexity index is 1120. The molecule has 0 amide bonds. The number of fused-ring (bicyclic) bond motifs is 1. The largest absolute Gasteiger partial charge is 0.573 e. The fourth-order valence-corrected chi connectivity index (χ4v) is 3.90. The molecule has 172 valence electrons. The maximum Gasteiger partial charge on any atom is 0.573 e. The van der Waals surface area contributed by atoms with Crippen molar-refractivity contribution < 1.29 is 32.5 Å². The number of benzene rings is 1. The summed E-state index contributed by atoms with van der Waals surface area (Å²) in [4.78, 5) is 2.07. The fraction of sp³-hybridized carbons (Fsp3) is 0.400. The Kier molecular flexibility index (Phi) is 5.82. The molecule has 8 nitrogen and oxygen atoms in total. The van der Waals surface area contributed by atoms with E-state index in [0.717, 1.165) is 24.7 Å². The van der Waals surface area contributed by atoms with Crippen LogP contribution in [0.2, 0.25) is 0 Å². The SMILES string of the molecule is CCN1C[C@H](O)C[C@@H](Nc2nnc(-c3ccc(OC(F)(F)F)cc3O)c3c(F)ccn23)C1. The van der Waals surface area contributed by atoms with Crippen LogP contribution in [0.5, 0.6) is 11.5 Å². The van der Waals surface area contributed by atoms with Crippen molar-refractivity contribution in [3.8, 4) is 22.8 Å². The van der Waals surface area contributed by atoms with Crippen LogP contribution in [-0.4, -0.2) is 67.9 Å². The van der Waals surface area contributed by atoms with Gasteiger partial charge in [-0.05, 0) is 31.2 Å². The van der Waals surface area contributed by atoms with Gasteiger partial charge >= 0.3 is 6.36 Å². The molecule has 1 aliphatic heterocycles. The number of aromatic nitrogens is 3. The summed E-state index contributed by atoms with van der Waals surface area (Å²) < 4.78 is 57.1. The van der Waals surface area contributed by atoms with E-state index in [1.54, 1.807) is 0 Å². The Morgan fingerprint density at radius 3 is 2.69 bits per heavy atom. The number of aromatic hydroxyl groups is 1. The monoisotopic (exact) mass is 455 g/mol. The van der Waals surface area contributed by atoms with Crippen molar-refractivity contribution in [2.24, 2.45) is 0 Å². The number of anilines is 1. The van der Waals surface area contributed by atoms with Gasteiger partial charge in [-0.25, -0.2) is 4.39 Å². The van der Waals surface area contributed by atoms with Crippen LogP contribution in [0.1, 0.15) is 13.3 Å². The number of aliphatic hydroxyl groups is 1. The van der Waals surface area contributed by atoms with Gasteiger partial charge in [-0.15, -0.1) is 23.4 Å². The van der Waals surface area contributed by atoms with Crippen LogP contribution in [-0.2, 0) is 0 Å². The smallest absolute Gasteiger partial charge is 0.507 e. The summed E-state index contributed by atoms with van der Waals surface area (Å²) >= 11 is 0. The van der Waals surface area contributed by atoms with Gasteiger partial charge in [-0.1, -0.05) is 6.92 Å². The average Bonchev–Trinajstić information content (AvgIpc) is 3.09. The number of phenolic OH excluding ortho intramolecular Hbond substituents is 1. The second kappa shape index (κ2) is 8.43. The number of nitrogens with zero attached hydrogens (tertiary/aromatic N) is 4. The number of alkyl halides is 3. The zero-order valence-electron chi connectivity index (χ0n) is 17.0. The lowest BCUT2D eigenvalue weighted by atomic mass is 10.0. The van der Waals surface area contributed by atoms with Crippen molar-refractivity contribution in [3.05, 3.63) is 36.3 Å². The highest BCUT2D eigenvalue weighted by Gasteiger charge is 2.32. The van der Waals surface area contributed by atoms with Crippen molar-refractivity contribution in [3.63, 3.8) is 0 Å². The van der Waals surface area contributed by atoms with E-state index in [1.807, 2.05) is 6.92 Å². The van der Waals surface area contributed by atoms with Crippen molar-refractivity contribution in [2.45, 2.75) is 31.9 Å². The minimum atomic E-state index is -4.91. The van der Waals surface area contributed by atoms with E-state index in [-0.39, 0.29) is 28.8 Å². The summed E-state index contributed by atoms with van der Waals surface area (Å²) in [6, 6.07) is 3.96. The molecule has 0 radical (unpaired) electrons. The molecule has 1 aliphatic rings. The zero-order valence-corrected chi connectivity index (χ0v) is 17.0. The van der Waals surface area contributed by atoms with E-state index >= 15 is 0 Å². The number of phenols is 1. The third kappa shape index (κ3) is 4.55. The lowest BCUT2D eigenvalue weighted by Crippen LogP contribution is -2.48. The van der Waals surface area contributed by atoms with Crippen LogP contribution < -0.4 is 10.1 Å². The highest BCUT2D eigenvalue weighted by Crippen LogP contribution is 2.36. The Balaban J connectivity index is 1.68. The number of rotatable bonds is 5. The van der Waals surface area contributed by atoms with Crippen LogP contribution in [0, 0.1) is 5.82 Å². The number of likely N-dealkylation sites (N-methyl/N-ethyl adjacent to an activating group) is 1. The summed E-state index contributed by atoms with van der Waals surface area (Å²) in [6.07, 6.45) is -3.52. The van der Waals surface area contributed by atoms with Gasteiger partial charge in [-0.2, -0.15) is 0 Å². The molecule has 2 aromatic heterocycles. The average molecular weight is 455 g/mol. The van der Waals surface area contributed by atoms with Gasteiger partial charge in [0, 0.05) is 37.0 Å². The standard InChI is InChI=1S/C20H21F4N5O3/c1-2-28-9-11(7-12(30)10-28)25-19-27-26-17(18-15(21)5-6-29(18)19)14-4-3-13(8-16(14)31)32-20(22,23)24/h3-6,8,11-12,30-31H,2,7,9-10H2,1H3,(H,25,27)/t11-,12-/m1/s1. The molecule has 0 spiro atoms. The van der Waals surface area contributed by atoms with Crippen LogP contribution in [0.4, 0.5) is 23.5 Å². The normalized spacial score (nSPS) is 19.9. The molecule has 2 atom stereocenters. The van der Waals surface area contributed by atoms with Crippen molar-refractivity contribution in [1.82, 2.24) is 19.5 Å². The van der Waals surface area contributed by atoms with Gasteiger partial charge in [-0.3, -0.25) is 9.30 Å². The first kappa shape index (κ1) is 22.1. The molecule has 3 N–H and O–H groups in total. The molecule has 1 saturated heterocycles. The van der Waals surface area contributed by atoms with E-state index in [0.29, 0.717) is 19.5 Å². The predicted molar refractivity (Wildman–Crippen MR) is 107 cm³/mol. The van der Waals surface area contributed by atoms with E-state index in [4.69, 9.17) is 0 Å². The maximum absolute atomic E-state index is 14.6. The fourth-order valence-electron chi connectivity index (χ4n) is 3.90. The Labute approximate surface area is 180 Å².